The second kappa shape index (κ2) is 3.98. The molecule has 0 amide bonds. The molecule has 3 heteroatoms. The summed E-state index contributed by atoms with van der Waals surface area (Å²) >= 11 is 0. The summed E-state index contributed by atoms with van der Waals surface area (Å²) < 4.78 is 8.69. The standard InChI is InChI=1S/C2H6BO2/c1-4-3-5-2/h1-2H3/q-1. The molecule has 0 aromatic carbocycles. The van der Waals surface area contributed by atoms with Crippen molar-refractivity contribution in [2.75, 3.05) is 14.2 Å². The lowest BCUT2D eigenvalue weighted by Gasteiger charge is -2.08. The van der Waals surface area contributed by atoms with Gasteiger partial charge < -0.3 is 9.31 Å². The van der Waals surface area contributed by atoms with E-state index >= 15 is 0 Å². The van der Waals surface area contributed by atoms with Crippen LogP contribution in [0.1, 0.15) is 0 Å². The van der Waals surface area contributed by atoms with Crippen molar-refractivity contribution in [1.82, 2.24) is 0 Å². The molecule has 0 unspecified atom stereocenters. The van der Waals surface area contributed by atoms with E-state index in [1.54, 1.807) is 0 Å². The molecule has 0 spiro atoms. The molecule has 0 aliphatic heterocycles. The first kappa shape index (κ1) is 4.98. The minimum atomic E-state index is 1.25. The Kier molecular flexibility index (Phi) is 3.97. The molecular weight excluding hydrogens is 66.8 g/mol. The highest BCUT2D eigenvalue weighted by Gasteiger charge is 1.44. The van der Waals surface area contributed by atoms with Crippen molar-refractivity contribution in [3.8, 4) is 0 Å². The van der Waals surface area contributed by atoms with Gasteiger partial charge in [0.05, 0.1) is 0 Å². The molecule has 0 saturated carbocycles. The van der Waals surface area contributed by atoms with Crippen molar-refractivity contribution < 1.29 is 9.31 Å². The van der Waals surface area contributed by atoms with Gasteiger partial charge in [0.15, 0.2) is 0 Å². The molecule has 0 aliphatic rings. The van der Waals surface area contributed by atoms with E-state index in [0.717, 1.165) is 0 Å². The van der Waals surface area contributed by atoms with Crippen LogP contribution < -0.4 is 0 Å². The summed E-state index contributed by atoms with van der Waals surface area (Å²) in [7, 11) is 4.31. The lowest BCUT2D eigenvalue weighted by atomic mass is 10.4. The van der Waals surface area contributed by atoms with E-state index in [1.165, 1.54) is 21.9 Å². The van der Waals surface area contributed by atoms with Gasteiger partial charge in [-0.3, -0.25) is 0 Å². The Morgan fingerprint density at radius 2 is 1.60 bits per heavy atom. The SMILES string of the molecule is CO[B-]OC. The zero-order chi connectivity index (χ0) is 4.12. The van der Waals surface area contributed by atoms with Gasteiger partial charge >= 0.3 is 0 Å². The average Bonchev–Trinajstić information content (AvgIpc) is 1.41. The predicted molar refractivity (Wildman–Crippen MR) is 19.8 cm³/mol. The first-order chi connectivity index (χ1) is 2.41. The maximum atomic E-state index is 4.34. The summed E-state index contributed by atoms with van der Waals surface area (Å²) in [5, 5.41) is 0. The fraction of sp³-hybridized carbons (Fsp3) is 1.00. The lowest BCUT2D eigenvalue weighted by Crippen LogP contribution is -1.93. The predicted octanol–water partition coefficient (Wildman–Crippen LogP) is -0.187. The molecule has 0 bridgehead atoms. The van der Waals surface area contributed by atoms with Crippen LogP contribution in [-0.2, 0) is 9.31 Å². The molecule has 0 aromatic heterocycles. The van der Waals surface area contributed by atoms with Crippen LogP contribution in [0.15, 0.2) is 0 Å². The Hall–Kier alpha value is -0.0151. The van der Waals surface area contributed by atoms with E-state index in [9.17, 15) is 0 Å². The molecule has 0 rings (SSSR count). The first-order valence-corrected chi connectivity index (χ1v) is 1.29. The van der Waals surface area contributed by atoms with E-state index in [0.29, 0.717) is 0 Å². The van der Waals surface area contributed by atoms with Crippen LogP contribution in [0.4, 0.5) is 0 Å². The normalized spacial score (nSPS) is 8.40. The summed E-state index contributed by atoms with van der Waals surface area (Å²) in [5.41, 5.74) is 0. The molecule has 30 valence electrons. The van der Waals surface area contributed by atoms with Crippen LogP contribution >= 0.6 is 0 Å². The third-order valence-corrected chi connectivity index (χ3v) is 0.192. The van der Waals surface area contributed by atoms with Crippen molar-refractivity contribution in [2.24, 2.45) is 0 Å². The molecule has 2 radical (unpaired) electrons. The first-order valence-electron chi connectivity index (χ1n) is 1.29. The minimum Gasteiger partial charge on any atom is -0.628 e. The highest BCUT2D eigenvalue weighted by atomic mass is 16.6. The van der Waals surface area contributed by atoms with Gasteiger partial charge in [-0.2, -0.15) is 0 Å². The van der Waals surface area contributed by atoms with Gasteiger partial charge in [-0.15, -0.1) is 0 Å². The minimum absolute atomic E-state index is 1.25. The number of rotatable bonds is 2. The summed E-state index contributed by atoms with van der Waals surface area (Å²) in [6, 6.07) is 0. The van der Waals surface area contributed by atoms with Crippen molar-refractivity contribution >= 4 is 7.69 Å². The van der Waals surface area contributed by atoms with Crippen molar-refractivity contribution in [2.45, 2.75) is 0 Å². The second-order valence-electron chi connectivity index (χ2n) is 0.568. The van der Waals surface area contributed by atoms with Gasteiger partial charge in [0, 0.05) is 0 Å². The van der Waals surface area contributed by atoms with E-state index in [1.807, 2.05) is 0 Å². The van der Waals surface area contributed by atoms with E-state index in [2.05, 4.69) is 9.31 Å². The van der Waals surface area contributed by atoms with Gasteiger partial charge in [0.1, 0.15) is 0 Å². The van der Waals surface area contributed by atoms with Crippen molar-refractivity contribution in [3.05, 3.63) is 0 Å². The fourth-order valence-electron chi connectivity index (χ4n) is 0.0962. The number of hydrogen-bond acceptors (Lipinski definition) is 2. The van der Waals surface area contributed by atoms with Gasteiger partial charge in [-0.05, 0) is 21.9 Å². The fourth-order valence-corrected chi connectivity index (χ4v) is 0.0962. The van der Waals surface area contributed by atoms with Crippen molar-refractivity contribution in [1.29, 1.82) is 0 Å². The molecular formula is C2H6BO2-. The van der Waals surface area contributed by atoms with E-state index in [4.69, 9.17) is 0 Å². The summed E-state index contributed by atoms with van der Waals surface area (Å²) in [6.45, 7) is 0. The Morgan fingerprint density at radius 3 is 1.60 bits per heavy atom. The second-order valence-corrected chi connectivity index (χ2v) is 0.568. The summed E-state index contributed by atoms with van der Waals surface area (Å²) in [5.74, 6) is 0. The van der Waals surface area contributed by atoms with Gasteiger partial charge in [0.25, 0.3) is 0 Å². The maximum absolute atomic E-state index is 4.34. The molecule has 5 heavy (non-hydrogen) atoms. The van der Waals surface area contributed by atoms with Gasteiger partial charge in [0.2, 0.25) is 0 Å². The molecule has 0 aromatic rings. The zero-order valence-corrected chi connectivity index (χ0v) is 3.39. The molecule has 0 N–H and O–H groups in total. The average molecular weight is 72.9 g/mol. The Morgan fingerprint density at radius 1 is 1.20 bits per heavy atom. The lowest BCUT2D eigenvalue weighted by molar-refractivity contribution is 0.309. The largest absolute Gasteiger partial charge is 0.628 e. The molecule has 2 nitrogen and oxygen atoms in total. The van der Waals surface area contributed by atoms with Crippen LogP contribution in [0.3, 0.4) is 0 Å². The van der Waals surface area contributed by atoms with Crippen LogP contribution in [0.5, 0.6) is 0 Å². The van der Waals surface area contributed by atoms with Crippen molar-refractivity contribution in [3.63, 3.8) is 0 Å². The monoisotopic (exact) mass is 73.0 g/mol. The maximum Gasteiger partial charge on any atom is -0.00361 e. The highest BCUT2D eigenvalue weighted by Crippen LogP contribution is 1.55. The third kappa shape index (κ3) is 3.98. The Labute approximate surface area is 32.4 Å². The summed E-state index contributed by atoms with van der Waals surface area (Å²) in [6.07, 6.45) is 0. The van der Waals surface area contributed by atoms with Crippen LogP contribution in [0.25, 0.3) is 0 Å². The number of hydrogen-bond donors (Lipinski definition) is 0. The van der Waals surface area contributed by atoms with Gasteiger partial charge in [-0.1, -0.05) is 0 Å². The van der Waals surface area contributed by atoms with Gasteiger partial charge in [-0.25, -0.2) is 0 Å². The smallest absolute Gasteiger partial charge is 0.00361 e. The van der Waals surface area contributed by atoms with E-state index < -0.39 is 0 Å². The van der Waals surface area contributed by atoms with E-state index in [-0.39, 0.29) is 0 Å². The molecule has 0 aliphatic carbocycles. The summed E-state index contributed by atoms with van der Waals surface area (Å²) in [4.78, 5) is 0. The van der Waals surface area contributed by atoms with Crippen LogP contribution in [-0.4, -0.2) is 21.9 Å². The third-order valence-electron chi connectivity index (χ3n) is 0.192. The molecule has 0 fully saturated rings. The molecule has 0 saturated heterocycles. The Balaban J connectivity index is 2.19. The zero-order valence-electron chi connectivity index (χ0n) is 3.39. The molecule has 0 atom stereocenters. The topological polar surface area (TPSA) is 18.5 Å². The highest BCUT2D eigenvalue weighted by molar-refractivity contribution is 6.17. The Bertz CT molecular complexity index is 15.1. The molecule has 0 heterocycles. The quantitative estimate of drug-likeness (QED) is 0.422. The van der Waals surface area contributed by atoms with Crippen LogP contribution in [0.2, 0.25) is 0 Å². The van der Waals surface area contributed by atoms with Crippen LogP contribution in [0, 0.1) is 0 Å².